The molecule has 0 aliphatic carbocycles. The molecule has 2 rings (SSSR count). The van der Waals surface area contributed by atoms with E-state index < -0.39 is 0 Å². The summed E-state index contributed by atoms with van der Waals surface area (Å²) in [6, 6.07) is 7.84. The lowest BCUT2D eigenvalue weighted by molar-refractivity contribution is 0.179. The number of fused-ring (bicyclic) bond motifs is 1. The number of nitrogens with one attached hydrogen (secondary N) is 1. The summed E-state index contributed by atoms with van der Waals surface area (Å²) in [4.78, 5) is 0. The Hall–Kier alpha value is -1.99. The summed E-state index contributed by atoms with van der Waals surface area (Å²) in [5.74, 6) is 0.0951. The molecular formula is C16H22N4O2S. The van der Waals surface area contributed by atoms with Crippen LogP contribution in [0.4, 0.5) is 5.69 Å². The van der Waals surface area contributed by atoms with E-state index in [4.69, 9.17) is 17.0 Å². The van der Waals surface area contributed by atoms with Crippen LogP contribution in [0.2, 0.25) is 0 Å². The first-order valence-electron chi connectivity index (χ1n) is 7.48. The summed E-state index contributed by atoms with van der Waals surface area (Å²) < 4.78 is 6.86. The molecule has 23 heavy (non-hydrogen) atoms. The van der Waals surface area contributed by atoms with Crippen molar-refractivity contribution >= 4 is 33.9 Å². The molecule has 6 nitrogen and oxygen atoms in total. The molecule has 0 unspecified atom stereocenters. The number of aromatic hydroxyl groups is 1. The molecule has 1 aromatic carbocycles. The lowest BCUT2D eigenvalue weighted by atomic mass is 10.2. The number of hydrogen-bond donors (Lipinski definition) is 2. The van der Waals surface area contributed by atoms with Crippen LogP contribution in [0.15, 0.2) is 34.5 Å². The highest BCUT2D eigenvalue weighted by Gasteiger charge is 2.18. The standard InChI is InChI=1S/C16H22N4O2S/c1-10(2)20-13-8-6-5-7-12(13)14(15(20)21)18-19-16(23)17-11(3)9-22-4/h5-8,10-11,21H,9H2,1-4H3,(H,17,23)/t11-/m1/s1. The maximum atomic E-state index is 10.5. The summed E-state index contributed by atoms with van der Waals surface area (Å²) >= 11 is 5.15. The summed E-state index contributed by atoms with van der Waals surface area (Å²) in [5.41, 5.74) is 1.35. The van der Waals surface area contributed by atoms with E-state index in [1.54, 1.807) is 7.11 Å². The van der Waals surface area contributed by atoms with Gasteiger partial charge in [-0.15, -0.1) is 10.2 Å². The molecule has 1 atom stereocenters. The quantitative estimate of drug-likeness (QED) is 0.642. The minimum absolute atomic E-state index is 0.0389. The van der Waals surface area contributed by atoms with Crippen molar-refractivity contribution in [3.05, 3.63) is 24.3 Å². The number of aromatic nitrogens is 1. The molecule has 0 saturated carbocycles. The number of hydrogen-bond acceptors (Lipinski definition) is 4. The number of methoxy groups -OCH3 is 1. The van der Waals surface area contributed by atoms with Crippen LogP contribution >= 0.6 is 12.2 Å². The fourth-order valence-electron chi connectivity index (χ4n) is 2.48. The van der Waals surface area contributed by atoms with E-state index in [2.05, 4.69) is 15.5 Å². The van der Waals surface area contributed by atoms with E-state index in [1.165, 1.54) is 0 Å². The van der Waals surface area contributed by atoms with Crippen molar-refractivity contribution in [1.82, 2.24) is 9.88 Å². The Morgan fingerprint density at radius 2 is 2.04 bits per heavy atom. The highest BCUT2D eigenvalue weighted by molar-refractivity contribution is 7.80. The van der Waals surface area contributed by atoms with Crippen LogP contribution in [-0.2, 0) is 4.74 Å². The van der Waals surface area contributed by atoms with Gasteiger partial charge in [-0.2, -0.15) is 0 Å². The van der Waals surface area contributed by atoms with Gasteiger partial charge in [-0.05, 0) is 39.1 Å². The molecule has 0 amide bonds. The van der Waals surface area contributed by atoms with Crippen molar-refractivity contribution in [3.63, 3.8) is 0 Å². The zero-order chi connectivity index (χ0) is 17.0. The summed E-state index contributed by atoms with van der Waals surface area (Å²) in [6.45, 7) is 6.47. The number of rotatable bonds is 5. The highest BCUT2D eigenvalue weighted by atomic mass is 32.1. The van der Waals surface area contributed by atoms with Crippen molar-refractivity contribution < 1.29 is 9.84 Å². The van der Waals surface area contributed by atoms with Gasteiger partial charge < -0.3 is 19.7 Å². The lowest BCUT2D eigenvalue weighted by Crippen LogP contribution is -2.33. The summed E-state index contributed by atoms with van der Waals surface area (Å²) in [7, 11) is 1.63. The second-order valence-corrected chi connectivity index (χ2v) is 6.05. The third-order valence-electron chi connectivity index (χ3n) is 3.40. The van der Waals surface area contributed by atoms with Crippen LogP contribution in [0.3, 0.4) is 0 Å². The van der Waals surface area contributed by atoms with Gasteiger partial charge in [0.25, 0.3) is 0 Å². The molecule has 0 aliphatic rings. The Balaban J connectivity index is 2.31. The molecule has 2 aromatic rings. The third kappa shape index (κ3) is 3.86. The van der Waals surface area contributed by atoms with Crippen LogP contribution in [0, 0.1) is 0 Å². The average molecular weight is 334 g/mol. The second kappa shape index (κ2) is 7.52. The Labute approximate surface area is 141 Å². The zero-order valence-electron chi connectivity index (χ0n) is 13.8. The van der Waals surface area contributed by atoms with Crippen LogP contribution in [-0.4, -0.2) is 34.5 Å². The maximum Gasteiger partial charge on any atom is 0.221 e. The van der Waals surface area contributed by atoms with Crippen LogP contribution in [0.1, 0.15) is 26.8 Å². The third-order valence-corrected chi connectivity index (χ3v) is 3.60. The van der Waals surface area contributed by atoms with Crippen LogP contribution in [0.5, 0.6) is 5.88 Å². The molecule has 0 spiro atoms. The van der Waals surface area contributed by atoms with Crippen molar-refractivity contribution in [2.45, 2.75) is 32.9 Å². The maximum absolute atomic E-state index is 10.5. The average Bonchev–Trinajstić information content (AvgIpc) is 2.77. The number of ether oxygens (including phenoxy) is 1. The van der Waals surface area contributed by atoms with Gasteiger partial charge in [-0.1, -0.05) is 18.2 Å². The van der Waals surface area contributed by atoms with Gasteiger partial charge in [0.15, 0.2) is 5.69 Å². The van der Waals surface area contributed by atoms with Crippen molar-refractivity contribution in [2.24, 2.45) is 10.2 Å². The van der Waals surface area contributed by atoms with Crippen LogP contribution in [0.25, 0.3) is 10.9 Å². The summed E-state index contributed by atoms with van der Waals surface area (Å²) in [6.07, 6.45) is 0. The first-order valence-corrected chi connectivity index (χ1v) is 7.89. The predicted octanol–water partition coefficient (Wildman–Crippen LogP) is 3.92. The first-order chi connectivity index (χ1) is 11.0. The normalized spacial score (nSPS) is 13.1. The van der Waals surface area contributed by atoms with E-state index in [9.17, 15) is 5.11 Å². The Morgan fingerprint density at radius 3 is 2.70 bits per heavy atom. The van der Waals surface area contributed by atoms with Gasteiger partial charge in [-0.25, -0.2) is 0 Å². The monoisotopic (exact) mass is 334 g/mol. The van der Waals surface area contributed by atoms with Gasteiger partial charge >= 0.3 is 0 Å². The largest absolute Gasteiger partial charge is 0.493 e. The zero-order valence-corrected chi connectivity index (χ0v) is 14.6. The number of para-hydroxylation sites is 1. The molecule has 0 bridgehead atoms. The molecule has 0 fully saturated rings. The van der Waals surface area contributed by atoms with E-state index in [0.29, 0.717) is 12.3 Å². The number of benzene rings is 1. The number of thiocarbonyl (C=S) groups is 1. The Morgan fingerprint density at radius 1 is 1.35 bits per heavy atom. The molecule has 1 heterocycles. The molecular weight excluding hydrogens is 312 g/mol. The van der Waals surface area contributed by atoms with Gasteiger partial charge in [0, 0.05) is 24.6 Å². The fourth-order valence-corrected chi connectivity index (χ4v) is 2.72. The van der Waals surface area contributed by atoms with Gasteiger partial charge in [0.1, 0.15) is 0 Å². The molecule has 124 valence electrons. The predicted molar refractivity (Wildman–Crippen MR) is 95.6 cm³/mol. The van der Waals surface area contributed by atoms with E-state index in [1.807, 2.05) is 49.6 Å². The fraction of sp³-hybridized carbons (Fsp3) is 0.438. The Bertz CT molecular complexity index is 724. The van der Waals surface area contributed by atoms with Crippen molar-refractivity contribution in [3.8, 4) is 5.88 Å². The van der Waals surface area contributed by atoms with Crippen LogP contribution < -0.4 is 5.32 Å². The molecule has 2 N–H and O–H groups in total. The number of nitrogens with zero attached hydrogens (tertiary/aromatic N) is 3. The van der Waals surface area contributed by atoms with Crippen molar-refractivity contribution in [2.75, 3.05) is 13.7 Å². The first kappa shape index (κ1) is 17.4. The SMILES string of the molecule is COC[C@@H](C)NC(=S)N=Nc1c(O)n(C(C)C)c2ccccc12. The number of azo groups is 1. The molecule has 0 aliphatic heterocycles. The van der Waals surface area contributed by atoms with E-state index in [-0.39, 0.29) is 23.1 Å². The van der Waals surface area contributed by atoms with Gasteiger partial charge in [0.2, 0.25) is 11.0 Å². The minimum atomic E-state index is 0.0389. The molecule has 1 aromatic heterocycles. The molecule has 7 heteroatoms. The Kier molecular flexibility index (Phi) is 5.68. The smallest absolute Gasteiger partial charge is 0.221 e. The van der Waals surface area contributed by atoms with Gasteiger partial charge in [0.05, 0.1) is 12.1 Å². The second-order valence-electron chi connectivity index (χ2n) is 5.66. The van der Waals surface area contributed by atoms with E-state index in [0.717, 1.165) is 10.9 Å². The van der Waals surface area contributed by atoms with E-state index >= 15 is 0 Å². The minimum Gasteiger partial charge on any atom is -0.493 e. The highest BCUT2D eigenvalue weighted by Crippen LogP contribution is 2.40. The van der Waals surface area contributed by atoms with Gasteiger partial charge in [-0.3, -0.25) is 0 Å². The summed E-state index contributed by atoms with van der Waals surface area (Å²) in [5, 5.41) is 22.8. The topological polar surface area (TPSA) is 71.1 Å². The van der Waals surface area contributed by atoms with Crippen molar-refractivity contribution in [1.29, 1.82) is 0 Å². The molecule has 0 saturated heterocycles. The lowest BCUT2D eigenvalue weighted by Gasteiger charge is -2.11. The molecule has 0 radical (unpaired) electrons.